The molecule has 0 spiro atoms. The van der Waals surface area contributed by atoms with E-state index in [1.54, 1.807) is 24.3 Å². The number of allylic oxidation sites excluding steroid dienone is 7. The molecular formula is C38H41ClN2O2S. The van der Waals surface area contributed by atoms with Gasteiger partial charge in [0.05, 0.1) is 15.2 Å². The molecule has 0 saturated heterocycles. The molecule has 0 fully saturated rings. The van der Waals surface area contributed by atoms with Crippen molar-refractivity contribution >= 4 is 26.9 Å². The number of hydrogen-bond donors (Lipinski definition) is 0. The fourth-order valence-corrected chi connectivity index (χ4v) is 9.03. The molecule has 3 aromatic rings. The number of halogens is 1. The number of likely N-dealkylation sites (N-methyl/N-ethyl adjacent to an activating group) is 1. The molecule has 6 rings (SSSR count). The average Bonchev–Trinajstić information content (AvgIpc) is 3.32. The van der Waals surface area contributed by atoms with Gasteiger partial charge in [0.2, 0.25) is 15.5 Å². The third-order valence-corrected chi connectivity index (χ3v) is 11.5. The van der Waals surface area contributed by atoms with Crippen molar-refractivity contribution in [2.75, 3.05) is 19.0 Å². The lowest BCUT2D eigenvalue weighted by molar-refractivity contribution is -0.401. The zero-order chi connectivity index (χ0) is 30.6. The van der Waals surface area contributed by atoms with Crippen LogP contribution in [0.5, 0.6) is 0 Å². The Hall–Kier alpha value is -3.67. The van der Waals surface area contributed by atoms with Gasteiger partial charge in [-0.3, -0.25) is 0 Å². The molecule has 1 aliphatic carbocycles. The summed E-state index contributed by atoms with van der Waals surface area (Å²) in [6.07, 6.45) is 10.7. The molecule has 4 nitrogen and oxygen atoms in total. The highest BCUT2D eigenvalue weighted by Crippen LogP contribution is 2.47. The first-order valence-corrected chi connectivity index (χ1v) is 16.6. The molecule has 0 saturated carbocycles. The van der Waals surface area contributed by atoms with E-state index in [2.05, 4.69) is 124 Å². The Bertz CT molecular complexity index is 1880. The number of sulfone groups is 1. The summed E-state index contributed by atoms with van der Waals surface area (Å²) in [5.41, 5.74) is 8.62. The lowest BCUT2D eigenvalue weighted by Crippen LogP contribution is -3.00. The molecule has 0 N–H and O–H groups in total. The van der Waals surface area contributed by atoms with Crippen molar-refractivity contribution in [3.8, 4) is 0 Å². The van der Waals surface area contributed by atoms with Crippen molar-refractivity contribution in [2.24, 2.45) is 0 Å². The van der Waals surface area contributed by atoms with Crippen LogP contribution >= 0.6 is 0 Å². The molecule has 0 radical (unpaired) electrons. The third-order valence-electron chi connectivity index (χ3n) is 9.56. The van der Waals surface area contributed by atoms with Crippen molar-refractivity contribution in [2.45, 2.75) is 62.7 Å². The lowest BCUT2D eigenvalue weighted by atomic mass is 9.81. The molecule has 2 aliphatic heterocycles. The number of anilines is 1. The molecular weight excluding hydrogens is 584 g/mol. The second-order valence-electron chi connectivity index (χ2n) is 12.9. The molecule has 228 valence electrons. The first kappa shape index (κ1) is 31.7. The van der Waals surface area contributed by atoms with Gasteiger partial charge in [-0.2, -0.15) is 4.58 Å². The number of benzene rings is 3. The van der Waals surface area contributed by atoms with Crippen LogP contribution in [0, 0.1) is 0 Å². The van der Waals surface area contributed by atoms with Crippen molar-refractivity contribution in [1.29, 1.82) is 0 Å². The molecule has 6 heteroatoms. The Kier molecular flexibility index (Phi) is 8.43. The van der Waals surface area contributed by atoms with E-state index in [1.807, 2.05) is 6.07 Å². The maximum atomic E-state index is 14.4. The molecule has 0 bridgehead atoms. The van der Waals surface area contributed by atoms with E-state index < -0.39 is 9.84 Å². The zero-order valence-electron chi connectivity index (χ0n) is 26.4. The minimum Gasteiger partial charge on any atom is -1.00 e. The van der Waals surface area contributed by atoms with E-state index in [9.17, 15) is 8.42 Å². The number of nitrogens with zero attached hydrogens (tertiary/aromatic N) is 2. The van der Waals surface area contributed by atoms with Gasteiger partial charge in [-0.05, 0) is 74.1 Å². The van der Waals surface area contributed by atoms with Gasteiger partial charge < -0.3 is 17.3 Å². The first-order valence-electron chi connectivity index (χ1n) is 15.1. The van der Waals surface area contributed by atoms with Crippen LogP contribution in [-0.4, -0.2) is 32.8 Å². The maximum absolute atomic E-state index is 14.4. The highest BCUT2D eigenvalue weighted by atomic mass is 35.5. The number of fused-ring (bicyclic) bond motifs is 2. The minimum atomic E-state index is -3.75. The zero-order valence-corrected chi connectivity index (χ0v) is 28.0. The van der Waals surface area contributed by atoms with E-state index in [0.29, 0.717) is 22.6 Å². The summed E-state index contributed by atoms with van der Waals surface area (Å²) in [6.45, 7) is 8.95. The largest absolute Gasteiger partial charge is 1.00 e. The van der Waals surface area contributed by atoms with Crippen LogP contribution in [0.3, 0.4) is 0 Å². The molecule has 0 atom stereocenters. The Morgan fingerprint density at radius 2 is 1.41 bits per heavy atom. The van der Waals surface area contributed by atoms with Gasteiger partial charge in [-0.15, -0.1) is 0 Å². The van der Waals surface area contributed by atoms with Crippen LogP contribution in [0.25, 0.3) is 0 Å². The predicted octanol–water partition coefficient (Wildman–Crippen LogP) is 5.40. The number of para-hydroxylation sites is 2. The van der Waals surface area contributed by atoms with Gasteiger partial charge in [-0.1, -0.05) is 80.6 Å². The van der Waals surface area contributed by atoms with Crippen LogP contribution < -0.4 is 17.3 Å². The molecule has 44 heavy (non-hydrogen) atoms. The van der Waals surface area contributed by atoms with Gasteiger partial charge in [0.15, 0.2) is 5.71 Å². The van der Waals surface area contributed by atoms with Gasteiger partial charge in [0.25, 0.3) is 0 Å². The summed E-state index contributed by atoms with van der Waals surface area (Å²) >= 11 is 0. The second kappa shape index (κ2) is 11.7. The number of hydrogen-bond acceptors (Lipinski definition) is 3. The fourth-order valence-electron chi connectivity index (χ4n) is 7.25. The van der Waals surface area contributed by atoms with E-state index in [4.69, 9.17) is 0 Å². The van der Waals surface area contributed by atoms with E-state index in [0.717, 1.165) is 29.0 Å². The van der Waals surface area contributed by atoms with Gasteiger partial charge in [0, 0.05) is 41.6 Å². The molecule has 3 aromatic carbocycles. The highest BCUT2D eigenvalue weighted by Gasteiger charge is 2.43. The Labute approximate surface area is 269 Å². The fraction of sp³-hybridized carbons (Fsp3) is 0.289. The SMILES string of the molecule is CN1C(=CC=C2CCCC(C=CC3=[N+](C)c4ccccc4C3(C)C)=C2S(=O)(=O)c2ccccc2)C(C)(C)c2ccccc21.[Cl-]. The molecule has 0 aromatic heterocycles. The summed E-state index contributed by atoms with van der Waals surface area (Å²) in [6, 6.07) is 25.9. The highest BCUT2D eigenvalue weighted by molar-refractivity contribution is 7.95. The normalized spacial score (nSPS) is 20.8. The molecule has 2 heterocycles. The summed E-state index contributed by atoms with van der Waals surface area (Å²) in [5, 5.41) is 0. The van der Waals surface area contributed by atoms with Crippen LogP contribution in [0.1, 0.15) is 58.1 Å². The second-order valence-corrected chi connectivity index (χ2v) is 14.8. The van der Waals surface area contributed by atoms with Gasteiger partial charge in [0.1, 0.15) is 7.05 Å². The van der Waals surface area contributed by atoms with Crippen LogP contribution in [0.2, 0.25) is 0 Å². The van der Waals surface area contributed by atoms with Crippen molar-refractivity contribution in [3.05, 3.63) is 136 Å². The monoisotopic (exact) mass is 624 g/mol. The topological polar surface area (TPSA) is 40.4 Å². The summed E-state index contributed by atoms with van der Waals surface area (Å²) < 4.78 is 31.0. The summed E-state index contributed by atoms with van der Waals surface area (Å²) in [5.74, 6) is 0. The number of rotatable bonds is 5. The summed E-state index contributed by atoms with van der Waals surface area (Å²) in [4.78, 5) is 3.02. The van der Waals surface area contributed by atoms with Crippen molar-refractivity contribution in [3.63, 3.8) is 0 Å². The van der Waals surface area contributed by atoms with Crippen molar-refractivity contribution in [1.82, 2.24) is 0 Å². The van der Waals surface area contributed by atoms with Crippen LogP contribution in [0.15, 0.2) is 130 Å². The average molecular weight is 625 g/mol. The molecule has 0 amide bonds. The summed E-state index contributed by atoms with van der Waals surface area (Å²) in [7, 11) is 0.444. The lowest BCUT2D eigenvalue weighted by Gasteiger charge is -2.25. The molecule has 0 unspecified atom stereocenters. The Balaban J connectivity index is 0.00000384. The Morgan fingerprint density at radius 3 is 2.09 bits per heavy atom. The third kappa shape index (κ3) is 5.10. The first-order chi connectivity index (χ1) is 20.5. The van der Waals surface area contributed by atoms with Gasteiger partial charge >= 0.3 is 0 Å². The van der Waals surface area contributed by atoms with Gasteiger partial charge in [-0.25, -0.2) is 8.42 Å². The van der Waals surface area contributed by atoms with E-state index in [1.165, 1.54) is 22.5 Å². The van der Waals surface area contributed by atoms with Crippen molar-refractivity contribution < 1.29 is 25.4 Å². The van der Waals surface area contributed by atoms with Crippen LogP contribution in [0.4, 0.5) is 11.4 Å². The quantitative estimate of drug-likeness (QED) is 0.357. The molecule has 3 aliphatic rings. The Morgan fingerprint density at radius 1 is 0.773 bits per heavy atom. The minimum absolute atomic E-state index is 0. The van der Waals surface area contributed by atoms with E-state index in [-0.39, 0.29) is 23.2 Å². The van der Waals surface area contributed by atoms with E-state index >= 15 is 0 Å². The maximum Gasteiger partial charge on any atom is 0.209 e. The smallest absolute Gasteiger partial charge is 0.209 e. The standard InChI is InChI=1S/C38H41N2O2S.ClH/c1-37(2)30-19-10-12-21-32(30)39(5)34(37)25-23-27-15-14-16-28(36(27)43(41,42)29-17-8-7-9-18-29)24-26-35-38(3,4)31-20-11-13-22-33(31)40(35)6;/h7-13,17-26H,14-16H2,1-6H3;1H/q+1;/p-1. The van der Waals surface area contributed by atoms with Crippen LogP contribution in [-0.2, 0) is 20.7 Å². The predicted molar refractivity (Wildman–Crippen MR) is 178 cm³/mol.